The summed E-state index contributed by atoms with van der Waals surface area (Å²) in [5, 5.41) is 3.53. The monoisotopic (exact) mass is 460 g/mol. The Hall–Kier alpha value is -3.32. The van der Waals surface area contributed by atoms with Gasteiger partial charge in [-0.05, 0) is 44.0 Å². The summed E-state index contributed by atoms with van der Waals surface area (Å²) < 4.78 is 5.90. The second-order valence-corrected chi connectivity index (χ2v) is 9.44. The summed E-state index contributed by atoms with van der Waals surface area (Å²) in [6.45, 7) is 8.74. The van der Waals surface area contributed by atoms with E-state index >= 15 is 0 Å². The van der Waals surface area contributed by atoms with E-state index in [9.17, 15) is 0 Å². The third-order valence-electron chi connectivity index (χ3n) is 6.02. The molecule has 1 aliphatic heterocycles. The first-order chi connectivity index (χ1) is 16.3. The lowest BCUT2D eigenvalue weighted by Gasteiger charge is -2.35. The third-order valence-corrected chi connectivity index (χ3v) is 6.02. The Labute approximate surface area is 203 Å². The number of morpholine rings is 1. The number of rotatable bonds is 7. The van der Waals surface area contributed by atoms with Gasteiger partial charge in [0.2, 0.25) is 5.95 Å². The molecular formula is C27H36N6O. The first kappa shape index (κ1) is 23.8. The van der Waals surface area contributed by atoms with Gasteiger partial charge in [-0.15, -0.1) is 0 Å². The van der Waals surface area contributed by atoms with Gasteiger partial charge in [0.05, 0.1) is 12.2 Å². The van der Waals surface area contributed by atoms with Crippen LogP contribution in [0.3, 0.4) is 0 Å². The lowest BCUT2D eigenvalue weighted by atomic mass is 10.1. The summed E-state index contributed by atoms with van der Waals surface area (Å²) in [6, 6.07) is 19.0. The zero-order valence-electron chi connectivity index (χ0n) is 21.1. The minimum Gasteiger partial charge on any atom is -0.372 e. The Balaban J connectivity index is 1.59. The Kier molecular flexibility index (Phi) is 7.22. The van der Waals surface area contributed by atoms with E-state index in [2.05, 4.69) is 91.5 Å². The second-order valence-electron chi connectivity index (χ2n) is 9.44. The molecule has 1 fully saturated rings. The largest absolute Gasteiger partial charge is 0.372 e. The molecule has 2 heterocycles. The minimum atomic E-state index is 0.145. The van der Waals surface area contributed by atoms with Crippen molar-refractivity contribution in [1.82, 2.24) is 9.97 Å². The number of nitrogens with zero attached hydrogens (tertiary/aromatic N) is 5. The molecule has 34 heavy (non-hydrogen) atoms. The molecule has 180 valence electrons. The van der Waals surface area contributed by atoms with E-state index in [1.165, 1.54) is 16.8 Å². The van der Waals surface area contributed by atoms with Crippen LogP contribution in [-0.4, -0.2) is 56.4 Å². The van der Waals surface area contributed by atoms with Gasteiger partial charge in [0.1, 0.15) is 11.6 Å². The maximum atomic E-state index is 5.90. The maximum Gasteiger partial charge on any atom is 0.229 e. The third kappa shape index (κ3) is 5.78. The van der Waals surface area contributed by atoms with Crippen molar-refractivity contribution in [3.8, 4) is 0 Å². The van der Waals surface area contributed by atoms with E-state index in [1.54, 1.807) is 0 Å². The van der Waals surface area contributed by atoms with E-state index < -0.39 is 0 Å². The number of hydrogen-bond donors (Lipinski definition) is 1. The first-order valence-corrected chi connectivity index (χ1v) is 11.9. The molecule has 2 atom stereocenters. The van der Waals surface area contributed by atoms with Gasteiger partial charge < -0.3 is 24.8 Å². The van der Waals surface area contributed by atoms with Crippen LogP contribution in [0.15, 0.2) is 54.6 Å². The molecule has 0 unspecified atom stereocenters. The second kappa shape index (κ2) is 10.3. The van der Waals surface area contributed by atoms with Crippen molar-refractivity contribution in [2.45, 2.75) is 39.5 Å². The molecule has 1 N–H and O–H groups in total. The summed E-state index contributed by atoms with van der Waals surface area (Å²) in [4.78, 5) is 16.2. The van der Waals surface area contributed by atoms with Crippen molar-refractivity contribution in [2.75, 3.05) is 54.2 Å². The lowest BCUT2D eigenvalue weighted by molar-refractivity contribution is -0.00570. The molecule has 0 bridgehead atoms. The number of benzene rings is 2. The highest BCUT2D eigenvalue weighted by atomic mass is 16.5. The van der Waals surface area contributed by atoms with Crippen LogP contribution in [0, 0.1) is 6.92 Å². The average molecular weight is 461 g/mol. The Morgan fingerprint density at radius 1 is 0.971 bits per heavy atom. The Morgan fingerprint density at radius 2 is 1.68 bits per heavy atom. The van der Waals surface area contributed by atoms with Gasteiger partial charge in [0.25, 0.3) is 0 Å². The van der Waals surface area contributed by atoms with Crippen LogP contribution in [0.1, 0.15) is 25.0 Å². The number of aromatic nitrogens is 2. The molecule has 0 saturated carbocycles. The van der Waals surface area contributed by atoms with E-state index in [1.807, 2.05) is 25.1 Å². The highest BCUT2D eigenvalue weighted by Crippen LogP contribution is 2.28. The van der Waals surface area contributed by atoms with Crippen LogP contribution in [0.25, 0.3) is 0 Å². The normalized spacial score (nSPS) is 18.0. The van der Waals surface area contributed by atoms with Gasteiger partial charge in [0.15, 0.2) is 0 Å². The number of ether oxygens (including phenoxy) is 1. The van der Waals surface area contributed by atoms with Gasteiger partial charge >= 0.3 is 0 Å². The number of hydrogen-bond acceptors (Lipinski definition) is 7. The average Bonchev–Trinajstić information content (AvgIpc) is 2.80. The molecule has 7 heteroatoms. The standard InChI is InChI=1S/C27H36N6O/c1-19-12-13-23(14-24(19)32(6)18-22-10-8-7-9-11-22)28-25-15-26(31(4)5)30-27(29-25)33-16-20(2)34-21(3)17-33/h7-15,20-21H,16-18H2,1-6H3,(H,28,29,30)/t20-,21+. The Morgan fingerprint density at radius 3 is 2.35 bits per heavy atom. The van der Waals surface area contributed by atoms with E-state index in [-0.39, 0.29) is 12.2 Å². The van der Waals surface area contributed by atoms with Gasteiger partial charge in [-0.25, -0.2) is 0 Å². The van der Waals surface area contributed by atoms with Gasteiger partial charge in [-0.3, -0.25) is 0 Å². The van der Waals surface area contributed by atoms with Gasteiger partial charge in [0, 0.05) is 58.2 Å². The molecular weight excluding hydrogens is 424 g/mol. The number of anilines is 5. The van der Waals surface area contributed by atoms with Crippen LogP contribution in [0.2, 0.25) is 0 Å². The number of aryl methyl sites for hydroxylation is 1. The molecule has 7 nitrogen and oxygen atoms in total. The highest BCUT2D eigenvalue weighted by molar-refractivity contribution is 5.68. The summed E-state index contributed by atoms with van der Waals surface area (Å²) >= 11 is 0. The maximum absolute atomic E-state index is 5.90. The highest BCUT2D eigenvalue weighted by Gasteiger charge is 2.25. The van der Waals surface area contributed by atoms with Crippen LogP contribution in [0.4, 0.5) is 29.0 Å². The van der Waals surface area contributed by atoms with Crippen molar-refractivity contribution in [1.29, 1.82) is 0 Å². The van der Waals surface area contributed by atoms with Crippen LogP contribution >= 0.6 is 0 Å². The summed E-state index contributed by atoms with van der Waals surface area (Å²) in [5.41, 5.74) is 4.70. The van der Waals surface area contributed by atoms with Crippen molar-refractivity contribution >= 4 is 29.0 Å². The van der Waals surface area contributed by atoms with E-state index in [0.717, 1.165) is 42.9 Å². The van der Waals surface area contributed by atoms with Crippen LogP contribution < -0.4 is 20.0 Å². The quantitative estimate of drug-likeness (QED) is 0.541. The molecule has 4 rings (SSSR count). The van der Waals surface area contributed by atoms with Crippen molar-refractivity contribution in [3.05, 3.63) is 65.7 Å². The SMILES string of the molecule is Cc1ccc(Nc2cc(N(C)C)nc(N3C[C@@H](C)O[C@@H](C)C3)n2)cc1N(C)Cc1ccccc1. The van der Waals surface area contributed by atoms with Crippen molar-refractivity contribution in [3.63, 3.8) is 0 Å². The molecule has 0 spiro atoms. The number of nitrogens with one attached hydrogen (secondary N) is 1. The smallest absolute Gasteiger partial charge is 0.229 e. The lowest BCUT2D eigenvalue weighted by Crippen LogP contribution is -2.46. The van der Waals surface area contributed by atoms with Gasteiger partial charge in [-0.2, -0.15) is 9.97 Å². The minimum absolute atomic E-state index is 0.145. The molecule has 0 aliphatic carbocycles. The predicted molar refractivity (Wildman–Crippen MR) is 142 cm³/mol. The van der Waals surface area contributed by atoms with Crippen LogP contribution in [0.5, 0.6) is 0 Å². The van der Waals surface area contributed by atoms with E-state index in [4.69, 9.17) is 14.7 Å². The van der Waals surface area contributed by atoms with Crippen molar-refractivity contribution < 1.29 is 4.74 Å². The zero-order valence-corrected chi connectivity index (χ0v) is 21.1. The molecule has 3 aromatic rings. The summed E-state index contributed by atoms with van der Waals surface area (Å²) in [7, 11) is 6.14. The summed E-state index contributed by atoms with van der Waals surface area (Å²) in [5.74, 6) is 2.37. The molecule has 0 radical (unpaired) electrons. The van der Waals surface area contributed by atoms with Crippen LogP contribution in [-0.2, 0) is 11.3 Å². The summed E-state index contributed by atoms with van der Waals surface area (Å²) in [6.07, 6.45) is 0.290. The molecule has 1 saturated heterocycles. The molecule has 1 aliphatic rings. The Bertz CT molecular complexity index is 1090. The molecule has 2 aromatic carbocycles. The first-order valence-electron chi connectivity index (χ1n) is 11.9. The van der Waals surface area contributed by atoms with Crippen molar-refractivity contribution in [2.24, 2.45) is 0 Å². The van der Waals surface area contributed by atoms with E-state index in [0.29, 0.717) is 0 Å². The zero-order chi connectivity index (χ0) is 24.2. The fourth-order valence-electron chi connectivity index (χ4n) is 4.39. The fourth-order valence-corrected chi connectivity index (χ4v) is 4.39. The topological polar surface area (TPSA) is 56.8 Å². The molecule has 1 aromatic heterocycles. The molecule has 0 amide bonds. The van der Waals surface area contributed by atoms with Gasteiger partial charge in [-0.1, -0.05) is 36.4 Å². The predicted octanol–water partition coefficient (Wildman–Crippen LogP) is 4.84. The fraction of sp³-hybridized carbons (Fsp3) is 0.407.